The maximum atomic E-state index is 5.35. The third kappa shape index (κ3) is 3.07. The van der Waals surface area contributed by atoms with E-state index in [-0.39, 0.29) is 0 Å². The zero-order valence-corrected chi connectivity index (χ0v) is 17.1. The molecule has 2 heteroatoms. The first-order valence-corrected chi connectivity index (χ1v) is 10.0. The van der Waals surface area contributed by atoms with E-state index in [9.17, 15) is 0 Å². The molecule has 0 aliphatic heterocycles. The number of fused-ring (bicyclic) bond motifs is 3. The van der Waals surface area contributed by atoms with Crippen molar-refractivity contribution in [1.82, 2.24) is 0 Å². The molecule has 0 radical (unpaired) electrons. The van der Waals surface area contributed by atoms with Crippen molar-refractivity contribution in [3.8, 4) is 33.8 Å². The Balaban J connectivity index is 1.83. The molecule has 0 aromatic heterocycles. The second kappa shape index (κ2) is 7.57. The topological polar surface area (TPSA) is 18.5 Å². The highest BCUT2D eigenvalue weighted by Crippen LogP contribution is 2.40. The van der Waals surface area contributed by atoms with Crippen LogP contribution in [-0.4, -0.2) is 14.2 Å². The molecular formula is C28H22O2. The van der Waals surface area contributed by atoms with E-state index in [0.29, 0.717) is 0 Å². The fraction of sp³-hybridized carbons (Fsp3) is 0.0714. The van der Waals surface area contributed by atoms with Gasteiger partial charge in [0.25, 0.3) is 0 Å². The van der Waals surface area contributed by atoms with Crippen LogP contribution >= 0.6 is 0 Å². The Bertz CT molecular complexity index is 1230. The van der Waals surface area contributed by atoms with Gasteiger partial charge in [-0.2, -0.15) is 0 Å². The highest BCUT2D eigenvalue weighted by atomic mass is 16.5. The molecule has 0 saturated carbocycles. The predicted molar refractivity (Wildman–Crippen MR) is 125 cm³/mol. The van der Waals surface area contributed by atoms with E-state index < -0.39 is 0 Å². The van der Waals surface area contributed by atoms with Crippen LogP contribution in [0.25, 0.3) is 43.8 Å². The largest absolute Gasteiger partial charge is 0.497 e. The number of benzene rings is 5. The van der Waals surface area contributed by atoms with Crippen LogP contribution < -0.4 is 9.47 Å². The smallest absolute Gasteiger partial charge is 0.118 e. The first-order chi connectivity index (χ1) is 14.8. The second-order valence-corrected chi connectivity index (χ2v) is 7.33. The standard InChI is InChI=1S/C28H22O2/c1-29-23-15-11-19(12-16-23)25-7-3-5-21-9-10-22-6-4-8-26(28(22)27(21)25)20-13-17-24(30-2)18-14-20/h3-18H,1-2H3. The summed E-state index contributed by atoms with van der Waals surface area (Å²) in [5, 5.41) is 5.01. The Labute approximate surface area is 176 Å². The molecule has 2 nitrogen and oxygen atoms in total. The number of hydrogen-bond acceptors (Lipinski definition) is 2. The van der Waals surface area contributed by atoms with Gasteiger partial charge in [0.15, 0.2) is 0 Å². The van der Waals surface area contributed by atoms with E-state index in [0.717, 1.165) is 11.5 Å². The van der Waals surface area contributed by atoms with Gasteiger partial charge in [0.2, 0.25) is 0 Å². The van der Waals surface area contributed by atoms with Gasteiger partial charge in [-0.25, -0.2) is 0 Å². The van der Waals surface area contributed by atoms with Gasteiger partial charge in [-0.3, -0.25) is 0 Å². The molecule has 0 aliphatic carbocycles. The predicted octanol–water partition coefficient (Wildman–Crippen LogP) is 7.34. The maximum absolute atomic E-state index is 5.35. The number of hydrogen-bond donors (Lipinski definition) is 0. The van der Waals surface area contributed by atoms with Crippen molar-refractivity contribution in [2.45, 2.75) is 0 Å². The monoisotopic (exact) mass is 390 g/mol. The van der Waals surface area contributed by atoms with Gasteiger partial charge in [0.05, 0.1) is 14.2 Å². The van der Waals surface area contributed by atoms with Crippen molar-refractivity contribution < 1.29 is 9.47 Å². The minimum Gasteiger partial charge on any atom is -0.497 e. The summed E-state index contributed by atoms with van der Waals surface area (Å²) in [5.41, 5.74) is 4.81. The van der Waals surface area contributed by atoms with E-state index in [1.807, 2.05) is 24.3 Å². The lowest BCUT2D eigenvalue weighted by molar-refractivity contribution is 0.415. The number of rotatable bonds is 4. The summed E-state index contributed by atoms with van der Waals surface area (Å²) in [7, 11) is 3.39. The minimum atomic E-state index is 0.864. The quantitative estimate of drug-likeness (QED) is 0.299. The van der Waals surface area contributed by atoms with Crippen molar-refractivity contribution in [3.63, 3.8) is 0 Å². The van der Waals surface area contributed by atoms with Gasteiger partial charge in [0.1, 0.15) is 11.5 Å². The summed E-state index contributed by atoms with van der Waals surface area (Å²) in [6, 6.07) is 34.0. The molecule has 0 heterocycles. The lowest BCUT2D eigenvalue weighted by Gasteiger charge is -2.15. The molecule has 5 aromatic rings. The van der Waals surface area contributed by atoms with Gasteiger partial charge in [-0.1, -0.05) is 72.8 Å². The fourth-order valence-electron chi connectivity index (χ4n) is 4.18. The average Bonchev–Trinajstić information content (AvgIpc) is 2.83. The highest BCUT2D eigenvalue weighted by molar-refractivity contribution is 6.19. The molecule has 5 aromatic carbocycles. The van der Waals surface area contributed by atoms with E-state index >= 15 is 0 Å². The molecule has 0 aliphatic rings. The van der Waals surface area contributed by atoms with E-state index in [4.69, 9.17) is 9.47 Å². The lowest BCUT2D eigenvalue weighted by atomic mass is 9.89. The SMILES string of the molecule is COc1ccc(-c2cccc3ccc4cccc(-c5ccc(OC)cc5)c4c23)cc1. The third-order valence-electron chi connectivity index (χ3n) is 5.69. The molecule has 146 valence electrons. The molecule has 0 spiro atoms. The van der Waals surface area contributed by atoms with Crippen LogP contribution in [-0.2, 0) is 0 Å². The van der Waals surface area contributed by atoms with Gasteiger partial charge < -0.3 is 9.47 Å². The first-order valence-electron chi connectivity index (χ1n) is 10.0. The van der Waals surface area contributed by atoms with Crippen molar-refractivity contribution in [3.05, 3.63) is 97.1 Å². The lowest BCUT2D eigenvalue weighted by Crippen LogP contribution is -1.88. The van der Waals surface area contributed by atoms with Crippen molar-refractivity contribution in [1.29, 1.82) is 0 Å². The molecule has 0 bridgehead atoms. The van der Waals surface area contributed by atoms with Crippen molar-refractivity contribution in [2.24, 2.45) is 0 Å². The van der Waals surface area contributed by atoms with Crippen LogP contribution in [0.4, 0.5) is 0 Å². The molecule has 30 heavy (non-hydrogen) atoms. The van der Waals surface area contributed by atoms with Crippen LogP contribution in [0.3, 0.4) is 0 Å². The molecular weight excluding hydrogens is 368 g/mol. The Kier molecular flexibility index (Phi) is 4.61. The normalized spacial score (nSPS) is 11.0. The summed E-state index contributed by atoms with van der Waals surface area (Å²) < 4.78 is 10.7. The van der Waals surface area contributed by atoms with Gasteiger partial charge >= 0.3 is 0 Å². The summed E-state index contributed by atoms with van der Waals surface area (Å²) in [6.45, 7) is 0. The zero-order valence-electron chi connectivity index (χ0n) is 17.1. The molecule has 0 unspecified atom stereocenters. The average molecular weight is 390 g/mol. The second-order valence-electron chi connectivity index (χ2n) is 7.33. The van der Waals surface area contributed by atoms with Crippen LogP contribution in [0, 0.1) is 0 Å². The third-order valence-corrected chi connectivity index (χ3v) is 5.69. The summed E-state index contributed by atoms with van der Waals surface area (Å²) >= 11 is 0. The van der Waals surface area contributed by atoms with Crippen LogP contribution in [0.5, 0.6) is 11.5 Å². The molecule has 0 saturated heterocycles. The van der Waals surface area contributed by atoms with Crippen LogP contribution in [0.2, 0.25) is 0 Å². The number of methoxy groups -OCH3 is 2. The molecule has 5 rings (SSSR count). The van der Waals surface area contributed by atoms with Crippen molar-refractivity contribution in [2.75, 3.05) is 14.2 Å². The molecule has 0 atom stereocenters. The molecule has 0 amide bonds. The Morgan fingerprint density at radius 1 is 0.433 bits per heavy atom. The minimum absolute atomic E-state index is 0.864. The molecule has 0 N–H and O–H groups in total. The summed E-state index contributed by atoms with van der Waals surface area (Å²) in [5.74, 6) is 1.73. The first kappa shape index (κ1) is 18.3. The van der Waals surface area contributed by atoms with E-state index in [1.54, 1.807) is 14.2 Å². The number of ether oxygens (including phenoxy) is 2. The molecule has 0 fully saturated rings. The highest BCUT2D eigenvalue weighted by Gasteiger charge is 2.12. The zero-order chi connectivity index (χ0) is 20.5. The summed E-state index contributed by atoms with van der Waals surface area (Å²) in [6.07, 6.45) is 0. The Morgan fingerprint density at radius 3 is 1.20 bits per heavy atom. The van der Waals surface area contributed by atoms with E-state index in [1.165, 1.54) is 43.8 Å². The van der Waals surface area contributed by atoms with Gasteiger partial charge in [-0.15, -0.1) is 0 Å². The van der Waals surface area contributed by atoms with Crippen LogP contribution in [0.1, 0.15) is 0 Å². The fourth-order valence-corrected chi connectivity index (χ4v) is 4.18. The van der Waals surface area contributed by atoms with Crippen LogP contribution in [0.15, 0.2) is 97.1 Å². The van der Waals surface area contributed by atoms with Gasteiger partial charge in [-0.05, 0) is 68.1 Å². The maximum Gasteiger partial charge on any atom is 0.118 e. The van der Waals surface area contributed by atoms with E-state index in [2.05, 4.69) is 72.8 Å². The summed E-state index contributed by atoms with van der Waals surface area (Å²) in [4.78, 5) is 0. The Hall–Kier alpha value is -3.78. The van der Waals surface area contributed by atoms with Crippen molar-refractivity contribution >= 4 is 21.5 Å². The van der Waals surface area contributed by atoms with Gasteiger partial charge in [0, 0.05) is 0 Å². The Morgan fingerprint density at radius 2 is 0.833 bits per heavy atom.